The van der Waals surface area contributed by atoms with Crippen LogP contribution in [0.5, 0.6) is 5.75 Å². The molecule has 0 atom stereocenters. The zero-order valence-corrected chi connectivity index (χ0v) is 7.22. The topological polar surface area (TPSA) is 20.2 Å². The first-order valence-corrected chi connectivity index (χ1v) is 3.81. The van der Waals surface area contributed by atoms with E-state index in [-0.39, 0.29) is 11.3 Å². The highest BCUT2D eigenvalue weighted by Gasteiger charge is 2.04. The van der Waals surface area contributed by atoms with Gasteiger partial charge in [0.15, 0.2) is 0 Å². The molecule has 1 nitrogen and oxygen atoms in total. The van der Waals surface area contributed by atoms with Crippen molar-refractivity contribution in [3.63, 3.8) is 0 Å². The normalized spacial score (nSPS) is 20.9. The molecular formula is C9H11BrO. The molecule has 0 bridgehead atoms. The van der Waals surface area contributed by atoms with Crippen LogP contribution in [0.25, 0.3) is 0 Å². The predicted octanol–water partition coefficient (Wildman–Crippen LogP) is 3.28. The Bertz CT molecular complexity index is 397. The molecule has 0 aliphatic rings. The largest absolute Gasteiger partial charge is 0.508 e. The molecule has 0 spiro atoms. The lowest BCUT2D eigenvalue weighted by atomic mass is 10.0. The molecule has 11 heavy (non-hydrogen) atoms. The van der Waals surface area contributed by atoms with Crippen LogP contribution < -0.4 is 0 Å². The maximum absolute atomic E-state index is 9.61. The molecule has 0 saturated carbocycles. The lowest BCUT2D eigenvalue weighted by Gasteiger charge is -2.07. The first kappa shape index (κ1) is 3.48. The third-order valence-electron chi connectivity index (χ3n) is 1.30. The van der Waals surface area contributed by atoms with Gasteiger partial charge in [-0.15, -0.1) is 0 Å². The first-order chi connectivity index (χ1) is 7.53. The van der Waals surface area contributed by atoms with Crippen LogP contribution in [0.1, 0.15) is 33.4 Å². The molecule has 0 aromatic heterocycles. The summed E-state index contributed by atoms with van der Waals surface area (Å²) < 4.78 is 44.3. The Morgan fingerprint density at radius 1 is 1.55 bits per heavy atom. The second-order valence-electron chi connectivity index (χ2n) is 2.14. The highest BCUT2D eigenvalue weighted by molar-refractivity contribution is 9.10. The van der Waals surface area contributed by atoms with E-state index in [1.54, 1.807) is 0 Å². The van der Waals surface area contributed by atoms with E-state index in [0.29, 0.717) is 4.47 Å². The molecule has 0 aliphatic heterocycles. The third kappa shape index (κ3) is 1.96. The van der Waals surface area contributed by atoms with Crippen LogP contribution in [0.2, 0.25) is 0 Å². The Morgan fingerprint density at radius 3 is 2.91 bits per heavy atom. The first-order valence-electron chi connectivity index (χ1n) is 6.02. The summed E-state index contributed by atoms with van der Waals surface area (Å²) in [7, 11) is 0. The fourth-order valence-corrected chi connectivity index (χ4v) is 1.14. The highest BCUT2D eigenvalue weighted by atomic mass is 79.9. The Balaban J connectivity index is 3.38. The van der Waals surface area contributed by atoms with E-state index >= 15 is 0 Å². The number of phenolic OH excluding ortho intramolecular Hbond substituents is 1. The van der Waals surface area contributed by atoms with E-state index in [1.807, 2.05) is 0 Å². The second kappa shape index (κ2) is 3.26. The minimum Gasteiger partial charge on any atom is -0.508 e. The Kier molecular flexibility index (Phi) is 1.03. The zero-order valence-electron chi connectivity index (χ0n) is 11.6. The zero-order chi connectivity index (χ0) is 13.4. The third-order valence-corrected chi connectivity index (χ3v) is 1.79. The van der Waals surface area contributed by atoms with Gasteiger partial charge in [0.25, 0.3) is 0 Å². The van der Waals surface area contributed by atoms with Crippen LogP contribution in [0.4, 0.5) is 0 Å². The van der Waals surface area contributed by atoms with Gasteiger partial charge in [-0.05, 0) is 29.7 Å². The van der Waals surface area contributed by atoms with Gasteiger partial charge in [-0.3, -0.25) is 0 Å². The Hall–Kier alpha value is -0.500. The van der Waals surface area contributed by atoms with Crippen molar-refractivity contribution in [1.82, 2.24) is 0 Å². The fraction of sp³-hybridized carbons (Fsp3) is 0.333. The monoisotopic (exact) mass is 220 g/mol. The van der Waals surface area contributed by atoms with Crippen molar-refractivity contribution in [2.45, 2.75) is 19.6 Å². The van der Waals surface area contributed by atoms with Crippen LogP contribution in [0.15, 0.2) is 22.7 Å². The molecule has 0 heterocycles. The molecule has 0 unspecified atom stereocenters. The molecule has 0 radical (unpaired) electrons. The van der Waals surface area contributed by atoms with Crippen molar-refractivity contribution < 1.29 is 13.3 Å². The van der Waals surface area contributed by atoms with E-state index in [9.17, 15) is 5.11 Å². The molecule has 2 heteroatoms. The number of hydrogen-bond donors (Lipinski definition) is 1. The van der Waals surface area contributed by atoms with Crippen molar-refractivity contribution in [3.05, 3.63) is 28.2 Å². The number of phenols is 1. The molecular weight excluding hydrogens is 204 g/mol. The van der Waals surface area contributed by atoms with Gasteiger partial charge >= 0.3 is 0 Å². The molecule has 0 aliphatic carbocycles. The number of halogens is 1. The van der Waals surface area contributed by atoms with E-state index in [2.05, 4.69) is 15.9 Å². The molecule has 1 aromatic carbocycles. The van der Waals surface area contributed by atoms with Crippen LogP contribution in [0, 0.1) is 0 Å². The SMILES string of the molecule is [2H]C([2H])([2H])C(c1cc(Br)ccc1O)C([2H])([2H])[2H]. The van der Waals surface area contributed by atoms with Crippen LogP contribution in [-0.2, 0) is 0 Å². The number of rotatable bonds is 1. The lowest BCUT2D eigenvalue weighted by molar-refractivity contribution is 0.464. The summed E-state index contributed by atoms with van der Waals surface area (Å²) in [5, 5.41) is 9.61. The lowest BCUT2D eigenvalue weighted by Crippen LogP contribution is -1.87. The van der Waals surface area contributed by atoms with Crippen LogP contribution in [0.3, 0.4) is 0 Å². The molecule has 0 amide bonds. The molecule has 1 aromatic rings. The maximum atomic E-state index is 9.61. The van der Waals surface area contributed by atoms with Crippen molar-refractivity contribution in [1.29, 1.82) is 0 Å². The molecule has 0 saturated heterocycles. The maximum Gasteiger partial charge on any atom is 0.119 e. The molecule has 60 valence electrons. The van der Waals surface area contributed by atoms with Gasteiger partial charge in [-0.25, -0.2) is 0 Å². The Labute approximate surface area is 83.6 Å². The molecule has 0 fully saturated rings. The van der Waals surface area contributed by atoms with Gasteiger partial charge in [-0.2, -0.15) is 0 Å². The fourth-order valence-electron chi connectivity index (χ4n) is 0.757. The van der Waals surface area contributed by atoms with Gasteiger partial charge in [0.2, 0.25) is 0 Å². The summed E-state index contributed by atoms with van der Waals surface area (Å²) in [6, 6.07) is 4.09. The Morgan fingerprint density at radius 2 is 2.27 bits per heavy atom. The molecule has 1 N–H and O–H groups in total. The summed E-state index contributed by atoms with van der Waals surface area (Å²) in [6.07, 6.45) is 0. The van der Waals surface area contributed by atoms with Gasteiger partial charge in [-0.1, -0.05) is 29.6 Å². The quantitative estimate of drug-likeness (QED) is 0.771. The van der Waals surface area contributed by atoms with E-state index in [4.69, 9.17) is 8.22 Å². The summed E-state index contributed by atoms with van der Waals surface area (Å²) in [5.74, 6) is -2.03. The predicted molar refractivity (Wildman–Crippen MR) is 49.9 cm³/mol. The minimum atomic E-state index is -2.70. The smallest absolute Gasteiger partial charge is 0.119 e. The average molecular weight is 221 g/mol. The van der Waals surface area contributed by atoms with Crippen molar-refractivity contribution >= 4 is 15.9 Å². The molecule has 1 rings (SSSR count). The highest BCUT2D eigenvalue weighted by Crippen LogP contribution is 2.27. The van der Waals surface area contributed by atoms with Crippen molar-refractivity contribution in [3.8, 4) is 5.75 Å². The van der Waals surface area contributed by atoms with E-state index in [1.165, 1.54) is 18.2 Å². The van der Waals surface area contributed by atoms with Gasteiger partial charge < -0.3 is 5.11 Å². The summed E-state index contributed by atoms with van der Waals surface area (Å²) in [4.78, 5) is 0. The summed E-state index contributed by atoms with van der Waals surface area (Å²) >= 11 is 3.12. The standard InChI is InChI=1S/C9H11BrO/c1-6(2)8-5-7(10)3-4-9(8)11/h3-6,11H,1-2H3/i1D3,2D3. The number of aromatic hydroxyl groups is 1. The minimum absolute atomic E-state index is 0.0978. The summed E-state index contributed by atoms with van der Waals surface area (Å²) in [5.41, 5.74) is -0.0978. The van der Waals surface area contributed by atoms with E-state index in [0.717, 1.165) is 0 Å². The summed E-state index contributed by atoms with van der Waals surface area (Å²) in [6.45, 7) is -5.41. The van der Waals surface area contributed by atoms with Crippen LogP contribution >= 0.6 is 15.9 Å². The van der Waals surface area contributed by atoms with Crippen molar-refractivity contribution in [2.75, 3.05) is 0 Å². The average Bonchev–Trinajstić information content (AvgIpc) is 2.06. The van der Waals surface area contributed by atoms with Crippen LogP contribution in [-0.4, -0.2) is 5.11 Å². The van der Waals surface area contributed by atoms with Gasteiger partial charge in [0.1, 0.15) is 5.75 Å². The van der Waals surface area contributed by atoms with Gasteiger partial charge in [0.05, 0.1) is 0 Å². The van der Waals surface area contributed by atoms with Crippen molar-refractivity contribution in [2.24, 2.45) is 0 Å². The second-order valence-corrected chi connectivity index (χ2v) is 3.05. The van der Waals surface area contributed by atoms with E-state index < -0.39 is 19.6 Å². The number of benzene rings is 1. The van der Waals surface area contributed by atoms with Gasteiger partial charge in [0, 0.05) is 12.7 Å². The number of hydrogen-bond acceptors (Lipinski definition) is 1.